The lowest BCUT2D eigenvalue weighted by Crippen LogP contribution is -2.38. The van der Waals surface area contributed by atoms with Crippen molar-refractivity contribution in [3.63, 3.8) is 0 Å². The van der Waals surface area contributed by atoms with Crippen LogP contribution in [0.5, 0.6) is 0 Å². The van der Waals surface area contributed by atoms with Crippen LogP contribution in [-0.4, -0.2) is 61.6 Å². The van der Waals surface area contributed by atoms with E-state index in [-0.39, 0.29) is 13.3 Å². The van der Waals surface area contributed by atoms with E-state index < -0.39 is 28.3 Å². The Morgan fingerprint density at radius 1 is 1.03 bits per heavy atom. The van der Waals surface area contributed by atoms with Crippen molar-refractivity contribution in [1.82, 2.24) is 19.4 Å². The number of hydrogen-bond donors (Lipinski definition) is 0. The number of amides is 1. The number of rotatable bonds is 14. The highest BCUT2D eigenvalue weighted by atomic mass is 79.9. The summed E-state index contributed by atoms with van der Waals surface area (Å²) in [6.07, 6.45) is 1.30. The summed E-state index contributed by atoms with van der Waals surface area (Å²) in [5, 5.41) is 0. The van der Waals surface area contributed by atoms with Gasteiger partial charge in [-0.05, 0) is 46.6 Å². The van der Waals surface area contributed by atoms with Crippen LogP contribution < -0.4 is 0 Å². The molecule has 0 fully saturated rings. The summed E-state index contributed by atoms with van der Waals surface area (Å²) < 4.78 is 20.7. The van der Waals surface area contributed by atoms with Crippen molar-refractivity contribution in [3.8, 4) is 0 Å². The second-order valence-corrected chi connectivity index (χ2v) is 24.4. The highest BCUT2D eigenvalue weighted by Gasteiger charge is 2.29. The molecule has 0 aliphatic rings. The first-order valence-electron chi connectivity index (χ1n) is 13.5. The highest BCUT2D eigenvalue weighted by Crippen LogP contribution is 2.27. The average Bonchev–Trinajstić information content (AvgIpc) is 3.21. The number of imidazole rings is 1. The van der Waals surface area contributed by atoms with Gasteiger partial charge >= 0.3 is 6.09 Å². The molecule has 1 atom stereocenters. The van der Waals surface area contributed by atoms with Gasteiger partial charge in [0.25, 0.3) is 0 Å². The predicted octanol–water partition coefficient (Wildman–Crippen LogP) is 7.52. The zero-order chi connectivity index (χ0) is 28.6. The maximum Gasteiger partial charge on any atom is 0.412 e. The number of ether oxygens (including phenoxy) is 3. The summed E-state index contributed by atoms with van der Waals surface area (Å²) in [5.74, 6) is 0.675. The van der Waals surface area contributed by atoms with Gasteiger partial charge in [0.15, 0.2) is 5.65 Å². The molecule has 0 bridgehead atoms. The number of halogens is 1. The molecule has 1 amide bonds. The van der Waals surface area contributed by atoms with E-state index in [2.05, 4.69) is 60.2 Å². The van der Waals surface area contributed by atoms with Gasteiger partial charge in [0.1, 0.15) is 31.4 Å². The van der Waals surface area contributed by atoms with Crippen LogP contribution >= 0.6 is 15.9 Å². The van der Waals surface area contributed by atoms with Crippen molar-refractivity contribution in [3.05, 3.63) is 58.5 Å². The van der Waals surface area contributed by atoms with E-state index >= 15 is 0 Å². The molecular formula is C28H43BrN4O4Si2. The predicted molar refractivity (Wildman–Crippen MR) is 165 cm³/mol. The molecule has 2 aromatic heterocycles. The Hall–Kier alpha value is -2.06. The molecule has 3 rings (SSSR count). The molecule has 0 aliphatic heterocycles. The minimum Gasteiger partial charge on any atom is -0.444 e. The topological polar surface area (TPSA) is 78.7 Å². The minimum atomic E-state index is -1.28. The quantitative estimate of drug-likeness (QED) is 0.104. The van der Waals surface area contributed by atoms with Gasteiger partial charge in [-0.15, -0.1) is 0 Å². The highest BCUT2D eigenvalue weighted by molar-refractivity contribution is 9.10. The Morgan fingerprint density at radius 2 is 1.67 bits per heavy atom. The number of hydrogen-bond acceptors (Lipinski definition) is 6. The first-order valence-corrected chi connectivity index (χ1v) is 21.7. The zero-order valence-corrected chi connectivity index (χ0v) is 28.0. The monoisotopic (exact) mass is 634 g/mol. The number of aromatic nitrogens is 3. The van der Waals surface area contributed by atoms with E-state index in [0.717, 1.165) is 27.6 Å². The Balaban J connectivity index is 1.85. The van der Waals surface area contributed by atoms with E-state index in [1.54, 1.807) is 11.1 Å². The lowest BCUT2D eigenvalue weighted by molar-refractivity contribution is 0.000938. The number of carbonyl (C=O) groups excluding carboxylic acids is 1. The lowest BCUT2D eigenvalue weighted by atomic mass is 10.2. The molecule has 11 heteroatoms. The van der Waals surface area contributed by atoms with Crippen molar-refractivity contribution >= 4 is 49.3 Å². The van der Waals surface area contributed by atoms with Gasteiger partial charge in [-0.1, -0.05) is 69.6 Å². The van der Waals surface area contributed by atoms with Crippen LogP contribution in [0.3, 0.4) is 0 Å². The third kappa shape index (κ3) is 10.1. The number of benzene rings is 1. The van der Waals surface area contributed by atoms with E-state index in [1.807, 2.05) is 47.9 Å². The van der Waals surface area contributed by atoms with E-state index in [9.17, 15) is 4.79 Å². The molecule has 0 spiro atoms. The number of nitrogens with zero attached hydrogens (tertiary/aromatic N) is 4. The number of pyridine rings is 1. The fourth-order valence-corrected chi connectivity index (χ4v) is 5.62. The molecule has 2 heterocycles. The van der Waals surface area contributed by atoms with Gasteiger partial charge in [0.05, 0.1) is 6.04 Å². The minimum absolute atomic E-state index is 0.107. The standard InChI is InChI=1S/C28H43BrN4O4Si2/c1-22(26-31-25-17-24(29)18-30-27(25)33(26)21-36-14-16-39(5,6)7)32(20-35-13-15-38(2,3)4)28(34)37-19-23-11-9-8-10-12-23/h8-12,17-18,22H,13-16,19-21H2,1-7H3/t22-/m0/s1. The molecule has 0 radical (unpaired) electrons. The van der Waals surface area contributed by atoms with Crippen LogP contribution in [0, 0.1) is 0 Å². The van der Waals surface area contributed by atoms with Gasteiger partial charge < -0.3 is 14.2 Å². The molecule has 0 unspecified atom stereocenters. The summed E-state index contributed by atoms with van der Waals surface area (Å²) in [6, 6.07) is 13.2. The number of carbonyl (C=O) groups is 1. The third-order valence-corrected chi connectivity index (χ3v) is 10.1. The Kier molecular flexibility index (Phi) is 11.3. The molecule has 0 saturated carbocycles. The fourth-order valence-electron chi connectivity index (χ4n) is 3.79. The van der Waals surface area contributed by atoms with Gasteiger partial charge in [-0.3, -0.25) is 9.47 Å². The van der Waals surface area contributed by atoms with E-state index in [0.29, 0.717) is 31.4 Å². The molecule has 0 N–H and O–H groups in total. The smallest absolute Gasteiger partial charge is 0.412 e. The van der Waals surface area contributed by atoms with Gasteiger partial charge in [0.2, 0.25) is 0 Å². The van der Waals surface area contributed by atoms with Crippen LogP contribution in [0.25, 0.3) is 11.2 Å². The Morgan fingerprint density at radius 3 is 2.31 bits per heavy atom. The van der Waals surface area contributed by atoms with Crippen LogP contribution in [0.1, 0.15) is 24.4 Å². The lowest BCUT2D eigenvalue weighted by Gasteiger charge is -2.29. The first kappa shape index (κ1) is 31.5. The summed E-state index contributed by atoms with van der Waals surface area (Å²) >= 11 is 3.50. The summed E-state index contributed by atoms with van der Waals surface area (Å²) in [7, 11) is -2.51. The van der Waals surface area contributed by atoms with Crippen molar-refractivity contribution in [2.24, 2.45) is 0 Å². The van der Waals surface area contributed by atoms with E-state index in [4.69, 9.17) is 19.2 Å². The average molecular weight is 636 g/mol. The SMILES string of the molecule is C[C@@H](c1nc2cc(Br)cnc2n1COCC[Si](C)(C)C)N(COCC[Si](C)(C)C)C(=O)OCc1ccccc1. The molecule has 8 nitrogen and oxygen atoms in total. The summed E-state index contributed by atoms with van der Waals surface area (Å²) in [6.45, 7) is 17.7. The zero-order valence-electron chi connectivity index (χ0n) is 24.4. The molecule has 0 saturated heterocycles. The van der Waals surface area contributed by atoms with Crippen LogP contribution in [-0.2, 0) is 27.5 Å². The largest absolute Gasteiger partial charge is 0.444 e. The van der Waals surface area contributed by atoms with Crippen molar-refractivity contribution < 1.29 is 19.0 Å². The summed E-state index contributed by atoms with van der Waals surface area (Å²) in [4.78, 5) is 24.5. The first-order chi connectivity index (χ1) is 18.3. The van der Waals surface area contributed by atoms with Crippen LogP contribution in [0.15, 0.2) is 47.1 Å². The second kappa shape index (κ2) is 14.0. The maximum absolute atomic E-state index is 13.4. The Bertz CT molecular complexity index is 1210. The van der Waals surface area contributed by atoms with Crippen LogP contribution in [0.2, 0.25) is 51.4 Å². The van der Waals surface area contributed by atoms with Gasteiger partial charge in [-0.2, -0.15) is 0 Å². The molecule has 0 aliphatic carbocycles. The van der Waals surface area contributed by atoms with Gasteiger partial charge in [-0.25, -0.2) is 14.8 Å². The van der Waals surface area contributed by atoms with Crippen LogP contribution in [0.4, 0.5) is 4.79 Å². The molecule has 3 aromatic rings. The number of fused-ring (bicyclic) bond motifs is 1. The van der Waals surface area contributed by atoms with Crippen molar-refractivity contribution in [2.75, 3.05) is 19.9 Å². The molecule has 1 aromatic carbocycles. The second-order valence-electron chi connectivity index (χ2n) is 12.3. The van der Waals surface area contributed by atoms with E-state index in [1.165, 1.54) is 0 Å². The van der Waals surface area contributed by atoms with Crippen molar-refractivity contribution in [2.45, 2.75) is 77.7 Å². The maximum atomic E-state index is 13.4. The summed E-state index contributed by atoms with van der Waals surface area (Å²) in [5.41, 5.74) is 2.37. The van der Waals surface area contributed by atoms with Gasteiger partial charge in [0, 0.05) is 40.0 Å². The molecular weight excluding hydrogens is 592 g/mol. The fraction of sp³-hybridized carbons (Fsp3) is 0.536. The molecule has 214 valence electrons. The third-order valence-electron chi connectivity index (χ3n) is 6.31. The normalized spacial score (nSPS) is 13.0. The molecule has 39 heavy (non-hydrogen) atoms. The Labute approximate surface area is 243 Å². The van der Waals surface area contributed by atoms with Crippen molar-refractivity contribution in [1.29, 1.82) is 0 Å².